The SMILES string of the molecule is CCCCn1c(=O)c2ccccc2n2c(SCC(=O)N(C)Cc3ccccc3)nnc12. The number of fused-ring (bicyclic) bond motifs is 3. The summed E-state index contributed by atoms with van der Waals surface area (Å²) < 4.78 is 3.58. The second kappa shape index (κ2) is 9.34. The molecular weight excluding hydrogens is 410 g/mol. The first-order valence-corrected chi connectivity index (χ1v) is 11.4. The molecule has 0 aliphatic heterocycles. The van der Waals surface area contributed by atoms with E-state index in [4.69, 9.17) is 0 Å². The lowest BCUT2D eigenvalue weighted by Gasteiger charge is -2.17. The third-order valence-corrected chi connectivity index (χ3v) is 6.14. The van der Waals surface area contributed by atoms with Gasteiger partial charge in [0.15, 0.2) is 5.16 Å². The van der Waals surface area contributed by atoms with E-state index >= 15 is 0 Å². The van der Waals surface area contributed by atoms with Crippen LogP contribution in [0.2, 0.25) is 0 Å². The number of hydrogen-bond donors (Lipinski definition) is 0. The van der Waals surface area contributed by atoms with Crippen LogP contribution in [0.4, 0.5) is 0 Å². The molecule has 0 saturated heterocycles. The Balaban J connectivity index is 1.62. The molecule has 7 nitrogen and oxygen atoms in total. The number of benzene rings is 2. The van der Waals surface area contributed by atoms with E-state index in [2.05, 4.69) is 17.1 Å². The van der Waals surface area contributed by atoms with Crippen molar-refractivity contribution in [1.82, 2.24) is 24.1 Å². The second-order valence-electron chi connectivity index (χ2n) is 7.47. The summed E-state index contributed by atoms with van der Waals surface area (Å²) in [6, 6.07) is 17.4. The van der Waals surface area contributed by atoms with Crippen molar-refractivity contribution in [1.29, 1.82) is 0 Å². The highest BCUT2D eigenvalue weighted by molar-refractivity contribution is 7.99. The molecule has 160 valence electrons. The highest BCUT2D eigenvalue weighted by atomic mass is 32.2. The molecule has 1 amide bonds. The van der Waals surface area contributed by atoms with Crippen LogP contribution in [0, 0.1) is 0 Å². The number of unbranched alkanes of at least 4 members (excludes halogenated alkanes) is 1. The third kappa shape index (κ3) is 4.34. The number of rotatable bonds is 8. The molecule has 0 aliphatic rings. The van der Waals surface area contributed by atoms with E-state index in [0.29, 0.717) is 29.4 Å². The van der Waals surface area contributed by atoms with Gasteiger partial charge in [-0.15, -0.1) is 10.2 Å². The Morgan fingerprint density at radius 1 is 1.06 bits per heavy atom. The smallest absolute Gasteiger partial charge is 0.262 e. The highest BCUT2D eigenvalue weighted by Gasteiger charge is 2.18. The molecule has 0 bridgehead atoms. The van der Waals surface area contributed by atoms with Crippen LogP contribution in [0.5, 0.6) is 0 Å². The molecular formula is C23H25N5O2S. The molecule has 2 heterocycles. The van der Waals surface area contributed by atoms with Crippen molar-refractivity contribution in [3.63, 3.8) is 0 Å². The Labute approximate surface area is 184 Å². The molecule has 0 saturated carbocycles. The van der Waals surface area contributed by atoms with Crippen LogP contribution >= 0.6 is 11.8 Å². The largest absolute Gasteiger partial charge is 0.341 e. The van der Waals surface area contributed by atoms with Gasteiger partial charge in [0.2, 0.25) is 11.7 Å². The summed E-state index contributed by atoms with van der Waals surface area (Å²) >= 11 is 1.34. The zero-order chi connectivity index (χ0) is 21.8. The second-order valence-corrected chi connectivity index (χ2v) is 8.41. The lowest BCUT2D eigenvalue weighted by Crippen LogP contribution is -2.27. The van der Waals surface area contributed by atoms with E-state index in [9.17, 15) is 9.59 Å². The quantitative estimate of drug-likeness (QED) is 0.396. The molecule has 0 unspecified atom stereocenters. The van der Waals surface area contributed by atoms with Gasteiger partial charge in [0, 0.05) is 20.1 Å². The summed E-state index contributed by atoms with van der Waals surface area (Å²) in [5.41, 5.74) is 1.79. The lowest BCUT2D eigenvalue weighted by atomic mass is 10.2. The monoisotopic (exact) mass is 435 g/mol. The molecule has 31 heavy (non-hydrogen) atoms. The fourth-order valence-corrected chi connectivity index (χ4v) is 4.41. The first-order valence-electron chi connectivity index (χ1n) is 10.4. The molecule has 0 spiro atoms. The maximum absolute atomic E-state index is 13.0. The minimum absolute atomic E-state index is 0.00853. The molecule has 0 atom stereocenters. The molecule has 0 radical (unpaired) electrons. The van der Waals surface area contributed by atoms with Crippen LogP contribution in [0.25, 0.3) is 16.7 Å². The molecule has 2 aromatic carbocycles. The van der Waals surface area contributed by atoms with Gasteiger partial charge in [0.25, 0.3) is 5.56 Å². The lowest BCUT2D eigenvalue weighted by molar-refractivity contribution is -0.127. The minimum Gasteiger partial charge on any atom is -0.341 e. The zero-order valence-electron chi connectivity index (χ0n) is 17.7. The van der Waals surface area contributed by atoms with Gasteiger partial charge in [-0.05, 0) is 24.1 Å². The number of thioether (sulfide) groups is 1. The van der Waals surface area contributed by atoms with Gasteiger partial charge in [-0.3, -0.25) is 18.6 Å². The first kappa shape index (κ1) is 21.1. The van der Waals surface area contributed by atoms with Gasteiger partial charge in [0.05, 0.1) is 16.7 Å². The first-order chi connectivity index (χ1) is 15.1. The standard InChI is InChI=1S/C23H25N5O2S/c1-3-4-14-27-21(30)18-12-8-9-13-19(18)28-22(27)24-25-23(28)31-16-20(29)26(2)15-17-10-6-5-7-11-17/h5-13H,3-4,14-16H2,1-2H3. The van der Waals surface area contributed by atoms with Crippen LogP contribution in [0.1, 0.15) is 25.3 Å². The van der Waals surface area contributed by atoms with E-state index in [0.717, 1.165) is 23.9 Å². The van der Waals surface area contributed by atoms with Gasteiger partial charge >= 0.3 is 0 Å². The number of amides is 1. The van der Waals surface area contributed by atoms with Crippen LogP contribution in [-0.2, 0) is 17.9 Å². The molecule has 0 fully saturated rings. The van der Waals surface area contributed by atoms with Crippen molar-refractivity contribution in [2.75, 3.05) is 12.8 Å². The number of carbonyl (C=O) groups excluding carboxylic acids is 1. The fraction of sp³-hybridized carbons (Fsp3) is 0.304. The summed E-state index contributed by atoms with van der Waals surface area (Å²) in [5, 5.41) is 9.85. The summed E-state index contributed by atoms with van der Waals surface area (Å²) in [7, 11) is 1.80. The highest BCUT2D eigenvalue weighted by Crippen LogP contribution is 2.22. The fourth-order valence-electron chi connectivity index (χ4n) is 3.53. The van der Waals surface area contributed by atoms with E-state index in [-0.39, 0.29) is 17.2 Å². The van der Waals surface area contributed by atoms with Gasteiger partial charge in [0.1, 0.15) is 0 Å². The van der Waals surface area contributed by atoms with Crippen molar-refractivity contribution in [3.05, 3.63) is 70.5 Å². The third-order valence-electron chi connectivity index (χ3n) is 5.23. The number of aryl methyl sites for hydroxylation is 1. The van der Waals surface area contributed by atoms with Gasteiger partial charge in [-0.2, -0.15) is 0 Å². The van der Waals surface area contributed by atoms with Crippen molar-refractivity contribution in [3.8, 4) is 0 Å². The average Bonchev–Trinajstić information content (AvgIpc) is 3.22. The normalized spacial score (nSPS) is 11.3. The minimum atomic E-state index is -0.0563. The van der Waals surface area contributed by atoms with Crippen LogP contribution in [-0.4, -0.2) is 42.8 Å². The maximum Gasteiger partial charge on any atom is 0.262 e. The molecule has 8 heteroatoms. The van der Waals surface area contributed by atoms with E-state index in [1.165, 1.54) is 11.8 Å². The molecule has 0 aliphatic carbocycles. The maximum atomic E-state index is 13.0. The summed E-state index contributed by atoms with van der Waals surface area (Å²) in [5.74, 6) is 0.769. The van der Waals surface area contributed by atoms with Gasteiger partial charge in [-0.1, -0.05) is 67.6 Å². The van der Waals surface area contributed by atoms with Crippen molar-refractivity contribution in [2.24, 2.45) is 0 Å². The summed E-state index contributed by atoms with van der Waals surface area (Å²) in [6.07, 6.45) is 1.86. The Morgan fingerprint density at radius 2 is 1.81 bits per heavy atom. The predicted octanol–water partition coefficient (Wildman–Crippen LogP) is 3.60. The van der Waals surface area contributed by atoms with Gasteiger partial charge < -0.3 is 4.90 Å². The zero-order valence-corrected chi connectivity index (χ0v) is 18.5. The number of nitrogens with zero attached hydrogens (tertiary/aromatic N) is 5. The average molecular weight is 436 g/mol. The van der Waals surface area contributed by atoms with E-state index in [1.807, 2.05) is 59.0 Å². The number of para-hydroxylation sites is 1. The molecule has 2 aromatic heterocycles. The van der Waals surface area contributed by atoms with Crippen LogP contribution < -0.4 is 5.56 Å². The van der Waals surface area contributed by atoms with Crippen LogP contribution in [0.15, 0.2) is 64.5 Å². The summed E-state index contributed by atoms with van der Waals surface area (Å²) in [4.78, 5) is 27.4. The molecule has 4 rings (SSSR count). The number of carbonyl (C=O) groups is 1. The van der Waals surface area contributed by atoms with E-state index in [1.54, 1.807) is 16.5 Å². The Morgan fingerprint density at radius 3 is 2.58 bits per heavy atom. The van der Waals surface area contributed by atoms with E-state index < -0.39 is 0 Å². The van der Waals surface area contributed by atoms with Gasteiger partial charge in [-0.25, -0.2) is 0 Å². The predicted molar refractivity (Wildman–Crippen MR) is 123 cm³/mol. The van der Waals surface area contributed by atoms with Crippen molar-refractivity contribution in [2.45, 2.75) is 38.0 Å². The Kier molecular flexibility index (Phi) is 6.36. The van der Waals surface area contributed by atoms with Crippen LogP contribution in [0.3, 0.4) is 0 Å². The number of hydrogen-bond acceptors (Lipinski definition) is 5. The molecule has 0 N–H and O–H groups in total. The Bertz CT molecular complexity index is 1270. The number of aromatic nitrogens is 4. The summed E-state index contributed by atoms with van der Waals surface area (Å²) in [6.45, 7) is 3.23. The topological polar surface area (TPSA) is 72.5 Å². The molecule has 4 aromatic rings. The van der Waals surface area contributed by atoms with Crippen molar-refractivity contribution >= 4 is 34.3 Å². The Hall–Kier alpha value is -3.13. The van der Waals surface area contributed by atoms with Crippen molar-refractivity contribution < 1.29 is 4.79 Å².